The molecule has 0 aromatic heterocycles. The summed E-state index contributed by atoms with van der Waals surface area (Å²) >= 11 is 0. The van der Waals surface area contributed by atoms with E-state index < -0.39 is 17.7 Å². The Balaban J connectivity index is 2.35. The maximum atomic E-state index is 12.7. The third kappa shape index (κ3) is 2.21. The number of carbonyl (C=O) groups is 1. The van der Waals surface area contributed by atoms with Crippen LogP contribution in [0.2, 0.25) is 0 Å². The Labute approximate surface area is 95.8 Å². The number of ether oxygens (including phenoxy) is 2. The molecule has 1 N–H and O–H groups in total. The van der Waals surface area contributed by atoms with Crippen molar-refractivity contribution in [3.8, 4) is 11.5 Å². The maximum Gasteiger partial charge on any atom is 0.586 e. The van der Waals surface area contributed by atoms with E-state index in [1.54, 1.807) is 0 Å². The molecule has 2 rings (SSSR count). The number of rotatable bonds is 2. The topological polar surface area (TPSA) is 55.8 Å². The van der Waals surface area contributed by atoms with Crippen molar-refractivity contribution in [1.29, 1.82) is 0 Å². The van der Waals surface area contributed by atoms with Gasteiger partial charge in [0, 0.05) is 5.56 Å². The first kappa shape index (κ1) is 11.8. The molecule has 0 saturated carbocycles. The molecule has 0 spiro atoms. The number of aliphatic hydroxyl groups is 1. The number of Topliss-reactive ketones (excluding diaryl/α,β-unsaturated/α-hetero) is 1. The molecule has 0 fully saturated rings. The van der Waals surface area contributed by atoms with Crippen LogP contribution in [0.15, 0.2) is 18.2 Å². The average molecular weight is 244 g/mol. The SMILES string of the molecule is CC(C)(O)C(=O)c1ccc2c(c1)OC(F)(F)O2. The third-order valence-electron chi connectivity index (χ3n) is 2.22. The molecule has 1 heterocycles. The second kappa shape index (κ2) is 3.40. The van der Waals surface area contributed by atoms with E-state index in [1.807, 2.05) is 0 Å². The van der Waals surface area contributed by atoms with E-state index >= 15 is 0 Å². The molecule has 1 aliphatic rings. The van der Waals surface area contributed by atoms with Gasteiger partial charge in [-0.1, -0.05) is 0 Å². The van der Waals surface area contributed by atoms with Gasteiger partial charge < -0.3 is 14.6 Å². The Hall–Kier alpha value is -1.69. The Morgan fingerprint density at radius 2 is 1.88 bits per heavy atom. The summed E-state index contributed by atoms with van der Waals surface area (Å²) in [6, 6.07) is 3.62. The van der Waals surface area contributed by atoms with Crippen LogP contribution in [0.25, 0.3) is 0 Å². The number of fused-ring (bicyclic) bond motifs is 1. The van der Waals surface area contributed by atoms with Gasteiger partial charge in [0.25, 0.3) is 0 Å². The summed E-state index contributed by atoms with van der Waals surface area (Å²) in [5, 5.41) is 9.52. The molecule has 0 amide bonds. The minimum absolute atomic E-state index is 0.0811. The van der Waals surface area contributed by atoms with Gasteiger partial charge in [0.05, 0.1) is 0 Å². The Kier molecular flexibility index (Phi) is 2.36. The van der Waals surface area contributed by atoms with Gasteiger partial charge in [0.15, 0.2) is 17.3 Å². The first-order valence-electron chi connectivity index (χ1n) is 4.86. The normalized spacial score (nSPS) is 17.0. The largest absolute Gasteiger partial charge is 0.586 e. The number of alkyl halides is 2. The standard InChI is InChI=1S/C11H10F2O4/c1-10(2,15)9(14)6-3-4-7-8(5-6)17-11(12,13)16-7/h3-5,15H,1-2H3. The van der Waals surface area contributed by atoms with Crippen molar-refractivity contribution in [3.63, 3.8) is 0 Å². The van der Waals surface area contributed by atoms with Crippen LogP contribution in [0, 0.1) is 0 Å². The van der Waals surface area contributed by atoms with Crippen LogP contribution in [0.3, 0.4) is 0 Å². The number of carbonyl (C=O) groups excluding carboxylic acids is 1. The summed E-state index contributed by atoms with van der Waals surface area (Å²) in [4.78, 5) is 11.7. The second-order valence-corrected chi connectivity index (χ2v) is 4.22. The number of hydrogen-bond donors (Lipinski definition) is 1. The Bertz CT molecular complexity index is 477. The van der Waals surface area contributed by atoms with Gasteiger partial charge >= 0.3 is 6.29 Å². The van der Waals surface area contributed by atoms with Crippen molar-refractivity contribution >= 4 is 5.78 Å². The van der Waals surface area contributed by atoms with E-state index in [-0.39, 0.29) is 17.1 Å². The summed E-state index contributed by atoms with van der Waals surface area (Å²) in [6.45, 7) is 2.63. The zero-order chi connectivity index (χ0) is 12.8. The fourth-order valence-electron chi connectivity index (χ4n) is 1.44. The lowest BCUT2D eigenvalue weighted by Gasteiger charge is -2.15. The summed E-state index contributed by atoms with van der Waals surface area (Å²) in [5.41, 5.74) is -1.49. The average Bonchev–Trinajstić information content (AvgIpc) is 2.47. The molecular weight excluding hydrogens is 234 g/mol. The van der Waals surface area contributed by atoms with Crippen molar-refractivity contribution < 1.29 is 28.2 Å². The van der Waals surface area contributed by atoms with Gasteiger partial charge in [-0.25, -0.2) is 0 Å². The van der Waals surface area contributed by atoms with E-state index in [9.17, 15) is 18.7 Å². The lowest BCUT2D eigenvalue weighted by Crippen LogP contribution is -2.31. The molecule has 17 heavy (non-hydrogen) atoms. The smallest absolute Gasteiger partial charge is 0.395 e. The highest BCUT2D eigenvalue weighted by Crippen LogP contribution is 2.41. The summed E-state index contributed by atoms with van der Waals surface area (Å²) < 4.78 is 33.8. The molecule has 1 aromatic carbocycles. The summed E-state index contributed by atoms with van der Waals surface area (Å²) in [5.74, 6) is -0.938. The fourth-order valence-corrected chi connectivity index (χ4v) is 1.44. The highest BCUT2D eigenvalue weighted by atomic mass is 19.3. The van der Waals surface area contributed by atoms with Crippen LogP contribution in [0.5, 0.6) is 11.5 Å². The summed E-state index contributed by atoms with van der Waals surface area (Å²) in [6.07, 6.45) is -3.71. The highest BCUT2D eigenvalue weighted by molar-refractivity contribution is 6.02. The minimum atomic E-state index is -3.71. The molecule has 0 atom stereocenters. The van der Waals surface area contributed by atoms with Gasteiger partial charge in [-0.05, 0) is 32.0 Å². The van der Waals surface area contributed by atoms with E-state index in [4.69, 9.17) is 0 Å². The van der Waals surface area contributed by atoms with Crippen molar-refractivity contribution in [3.05, 3.63) is 23.8 Å². The van der Waals surface area contributed by atoms with Gasteiger partial charge in [-0.15, -0.1) is 8.78 Å². The van der Waals surface area contributed by atoms with Crippen molar-refractivity contribution in [2.24, 2.45) is 0 Å². The first-order valence-corrected chi connectivity index (χ1v) is 4.86. The molecule has 0 unspecified atom stereocenters. The predicted molar refractivity (Wildman–Crippen MR) is 53.3 cm³/mol. The van der Waals surface area contributed by atoms with Crippen LogP contribution in [-0.4, -0.2) is 22.8 Å². The number of benzene rings is 1. The number of ketones is 1. The molecule has 0 aliphatic carbocycles. The van der Waals surface area contributed by atoms with Crippen LogP contribution in [-0.2, 0) is 0 Å². The fraction of sp³-hybridized carbons (Fsp3) is 0.364. The zero-order valence-corrected chi connectivity index (χ0v) is 9.16. The first-order chi connectivity index (χ1) is 7.69. The maximum absolute atomic E-state index is 12.7. The van der Waals surface area contributed by atoms with E-state index in [1.165, 1.54) is 26.0 Å². The molecule has 1 aliphatic heterocycles. The number of hydrogen-bond acceptors (Lipinski definition) is 4. The van der Waals surface area contributed by atoms with Gasteiger partial charge in [-0.2, -0.15) is 0 Å². The Morgan fingerprint density at radius 3 is 2.47 bits per heavy atom. The molecule has 0 radical (unpaired) electrons. The van der Waals surface area contributed by atoms with Crippen LogP contribution >= 0.6 is 0 Å². The van der Waals surface area contributed by atoms with Crippen LogP contribution in [0.4, 0.5) is 8.78 Å². The number of halogens is 2. The lowest BCUT2D eigenvalue weighted by atomic mass is 9.97. The Morgan fingerprint density at radius 1 is 1.29 bits per heavy atom. The zero-order valence-electron chi connectivity index (χ0n) is 9.16. The van der Waals surface area contributed by atoms with Crippen molar-refractivity contribution in [2.45, 2.75) is 25.7 Å². The van der Waals surface area contributed by atoms with Crippen LogP contribution < -0.4 is 9.47 Å². The minimum Gasteiger partial charge on any atom is -0.395 e. The molecular formula is C11H10F2O4. The molecule has 0 bridgehead atoms. The van der Waals surface area contributed by atoms with E-state index in [0.29, 0.717) is 0 Å². The molecule has 1 aromatic rings. The van der Waals surface area contributed by atoms with Crippen molar-refractivity contribution in [2.75, 3.05) is 0 Å². The quantitative estimate of drug-likeness (QED) is 0.808. The van der Waals surface area contributed by atoms with E-state index in [2.05, 4.69) is 9.47 Å². The molecule has 92 valence electrons. The van der Waals surface area contributed by atoms with Crippen molar-refractivity contribution in [1.82, 2.24) is 0 Å². The van der Waals surface area contributed by atoms with Gasteiger partial charge in [0.2, 0.25) is 0 Å². The summed E-state index contributed by atoms with van der Waals surface area (Å²) in [7, 11) is 0. The highest BCUT2D eigenvalue weighted by Gasteiger charge is 2.43. The van der Waals surface area contributed by atoms with Crippen LogP contribution in [0.1, 0.15) is 24.2 Å². The van der Waals surface area contributed by atoms with Gasteiger partial charge in [0.1, 0.15) is 5.60 Å². The molecule has 0 saturated heterocycles. The second-order valence-electron chi connectivity index (χ2n) is 4.22. The van der Waals surface area contributed by atoms with E-state index in [0.717, 1.165) is 6.07 Å². The van der Waals surface area contributed by atoms with Gasteiger partial charge in [-0.3, -0.25) is 4.79 Å². The predicted octanol–water partition coefficient (Wildman–Crippen LogP) is 1.96. The molecule has 4 nitrogen and oxygen atoms in total. The molecule has 6 heteroatoms. The lowest BCUT2D eigenvalue weighted by molar-refractivity contribution is -0.286. The monoisotopic (exact) mass is 244 g/mol. The third-order valence-corrected chi connectivity index (χ3v) is 2.22.